The summed E-state index contributed by atoms with van der Waals surface area (Å²) in [5, 5.41) is 0.125. The normalized spacial score (nSPS) is 20.6. The highest BCUT2D eigenvalue weighted by molar-refractivity contribution is 6.74. The van der Waals surface area contributed by atoms with Gasteiger partial charge in [-0.1, -0.05) is 39.0 Å². The molecule has 0 aliphatic heterocycles. The maximum absolute atomic E-state index is 11.7. The van der Waals surface area contributed by atoms with Gasteiger partial charge in [-0.15, -0.1) is 0 Å². The van der Waals surface area contributed by atoms with E-state index in [1.165, 1.54) is 7.11 Å². The predicted molar refractivity (Wildman–Crippen MR) is 75.9 cm³/mol. The molecule has 4 heteroatoms. The number of carbonyl (C=O) groups is 1. The minimum atomic E-state index is -1.89. The van der Waals surface area contributed by atoms with E-state index < -0.39 is 8.32 Å². The number of carbonyl (C=O) groups excluding carboxylic acids is 1. The summed E-state index contributed by atoms with van der Waals surface area (Å²) in [5.41, 5.74) is 0.629. The fraction of sp³-hybridized carbons (Fsp3) is 0.643. The molecule has 0 amide bonds. The maximum atomic E-state index is 11.7. The Hall–Kier alpha value is -0.873. The first kappa shape index (κ1) is 15.2. The number of methoxy groups -OCH3 is 1. The average molecular weight is 268 g/mol. The van der Waals surface area contributed by atoms with E-state index in [4.69, 9.17) is 9.16 Å². The van der Waals surface area contributed by atoms with Crippen LogP contribution in [-0.2, 0) is 14.0 Å². The molecule has 0 bridgehead atoms. The second-order valence-electron chi connectivity index (χ2n) is 6.11. The molecule has 1 rings (SSSR count). The van der Waals surface area contributed by atoms with E-state index in [0.29, 0.717) is 5.57 Å². The standard InChI is InChI=1S/C14H24O3Si/c1-14(2,3)18(5,6)17-12-10-8-7-9-11(12)13(15)16-4/h8-10,12H,7H2,1-6H3/t12-/m0/s1. The minimum absolute atomic E-state index is 0.125. The van der Waals surface area contributed by atoms with Crippen molar-refractivity contribution < 1.29 is 14.0 Å². The molecular formula is C14H24O3Si. The van der Waals surface area contributed by atoms with Crippen LogP contribution >= 0.6 is 0 Å². The van der Waals surface area contributed by atoms with Gasteiger partial charge < -0.3 is 9.16 Å². The summed E-state index contributed by atoms with van der Waals surface area (Å²) in [7, 11) is -0.485. The smallest absolute Gasteiger partial charge is 0.336 e. The van der Waals surface area contributed by atoms with Crippen molar-refractivity contribution in [2.75, 3.05) is 7.11 Å². The van der Waals surface area contributed by atoms with E-state index >= 15 is 0 Å². The molecule has 0 aromatic rings. The van der Waals surface area contributed by atoms with Gasteiger partial charge >= 0.3 is 5.97 Å². The van der Waals surface area contributed by atoms with Gasteiger partial charge in [-0.3, -0.25) is 0 Å². The van der Waals surface area contributed by atoms with E-state index in [0.717, 1.165) is 6.42 Å². The zero-order valence-corrected chi connectivity index (χ0v) is 13.2. The molecule has 0 spiro atoms. The third kappa shape index (κ3) is 3.33. The third-order valence-corrected chi connectivity index (χ3v) is 8.20. The highest BCUT2D eigenvalue weighted by Gasteiger charge is 2.40. The summed E-state index contributed by atoms with van der Waals surface area (Å²) >= 11 is 0. The maximum Gasteiger partial charge on any atom is 0.336 e. The Kier molecular flexibility index (Phi) is 4.56. The fourth-order valence-corrected chi connectivity index (χ4v) is 2.73. The molecule has 0 heterocycles. The largest absolute Gasteiger partial charge is 0.466 e. The molecule has 0 saturated carbocycles. The first-order valence-corrected chi connectivity index (χ1v) is 9.23. The van der Waals surface area contributed by atoms with Crippen LogP contribution in [0.2, 0.25) is 18.1 Å². The fourth-order valence-electron chi connectivity index (χ4n) is 1.53. The highest BCUT2D eigenvalue weighted by atomic mass is 28.4. The molecule has 18 heavy (non-hydrogen) atoms. The van der Waals surface area contributed by atoms with Crippen molar-refractivity contribution in [2.24, 2.45) is 0 Å². The zero-order valence-electron chi connectivity index (χ0n) is 12.2. The van der Waals surface area contributed by atoms with Crippen LogP contribution < -0.4 is 0 Å². The van der Waals surface area contributed by atoms with Crippen LogP contribution in [-0.4, -0.2) is 27.5 Å². The van der Waals surface area contributed by atoms with Gasteiger partial charge in [-0.05, 0) is 24.6 Å². The van der Waals surface area contributed by atoms with Gasteiger partial charge in [0.25, 0.3) is 0 Å². The molecule has 1 aliphatic rings. The molecule has 0 unspecified atom stereocenters. The first-order valence-electron chi connectivity index (χ1n) is 6.32. The summed E-state index contributed by atoms with van der Waals surface area (Å²) in [5.74, 6) is -0.289. The van der Waals surface area contributed by atoms with E-state index in [2.05, 4.69) is 33.9 Å². The van der Waals surface area contributed by atoms with E-state index in [1.54, 1.807) is 0 Å². The number of allylic oxidation sites excluding steroid dienone is 2. The van der Waals surface area contributed by atoms with Gasteiger partial charge in [0.15, 0.2) is 8.32 Å². The molecule has 1 aliphatic carbocycles. The summed E-state index contributed by atoms with van der Waals surface area (Å²) in [4.78, 5) is 11.7. The van der Waals surface area contributed by atoms with Crippen molar-refractivity contribution in [3.63, 3.8) is 0 Å². The summed E-state index contributed by atoms with van der Waals surface area (Å²) in [6, 6.07) is 0. The van der Waals surface area contributed by atoms with Gasteiger partial charge in [-0.2, -0.15) is 0 Å². The topological polar surface area (TPSA) is 35.5 Å². The van der Waals surface area contributed by atoms with Crippen molar-refractivity contribution in [1.29, 1.82) is 0 Å². The predicted octanol–water partition coefficient (Wildman–Crippen LogP) is 3.44. The van der Waals surface area contributed by atoms with Gasteiger partial charge in [0, 0.05) is 0 Å². The molecule has 0 radical (unpaired) electrons. The summed E-state index contributed by atoms with van der Waals surface area (Å²) < 4.78 is 11.1. The molecule has 0 N–H and O–H groups in total. The average Bonchev–Trinajstić information content (AvgIpc) is 2.26. The van der Waals surface area contributed by atoms with Crippen molar-refractivity contribution >= 4 is 14.3 Å². The van der Waals surface area contributed by atoms with Gasteiger partial charge in [0.05, 0.1) is 18.8 Å². The van der Waals surface area contributed by atoms with Crippen LogP contribution in [0.3, 0.4) is 0 Å². The number of rotatable bonds is 3. The van der Waals surface area contributed by atoms with Crippen molar-refractivity contribution in [3.8, 4) is 0 Å². The quantitative estimate of drug-likeness (QED) is 0.447. The van der Waals surface area contributed by atoms with E-state index in [1.807, 2.05) is 18.2 Å². The van der Waals surface area contributed by atoms with Gasteiger partial charge in [-0.25, -0.2) is 4.79 Å². The van der Waals surface area contributed by atoms with Crippen molar-refractivity contribution in [3.05, 3.63) is 23.8 Å². The van der Waals surface area contributed by atoms with Crippen molar-refractivity contribution in [2.45, 2.75) is 51.4 Å². The number of hydrogen-bond donors (Lipinski definition) is 0. The van der Waals surface area contributed by atoms with Crippen LogP contribution in [0.1, 0.15) is 27.2 Å². The molecule has 0 saturated heterocycles. The van der Waals surface area contributed by atoms with Crippen LogP contribution in [0, 0.1) is 0 Å². The molecule has 102 valence electrons. The second-order valence-corrected chi connectivity index (χ2v) is 10.9. The Morgan fingerprint density at radius 2 is 2.00 bits per heavy atom. The lowest BCUT2D eigenvalue weighted by Gasteiger charge is -2.39. The summed E-state index contributed by atoms with van der Waals surface area (Å²) in [6.07, 6.45) is 6.40. The Morgan fingerprint density at radius 1 is 1.39 bits per heavy atom. The molecule has 0 aromatic carbocycles. The number of esters is 1. The highest BCUT2D eigenvalue weighted by Crippen LogP contribution is 2.38. The Labute approximate surface area is 111 Å². The van der Waals surface area contributed by atoms with Gasteiger partial charge in [0.1, 0.15) is 0 Å². The monoisotopic (exact) mass is 268 g/mol. The Morgan fingerprint density at radius 3 is 2.50 bits per heavy atom. The van der Waals surface area contributed by atoms with Crippen LogP contribution in [0.5, 0.6) is 0 Å². The molecular weight excluding hydrogens is 244 g/mol. The van der Waals surface area contributed by atoms with Gasteiger partial charge in [0.2, 0.25) is 0 Å². The van der Waals surface area contributed by atoms with Crippen LogP contribution in [0.4, 0.5) is 0 Å². The number of hydrogen-bond acceptors (Lipinski definition) is 3. The van der Waals surface area contributed by atoms with Crippen molar-refractivity contribution in [1.82, 2.24) is 0 Å². The molecule has 0 fully saturated rings. The lowest BCUT2D eigenvalue weighted by molar-refractivity contribution is -0.136. The summed E-state index contributed by atoms with van der Waals surface area (Å²) in [6.45, 7) is 10.9. The zero-order chi connectivity index (χ0) is 14.0. The van der Waals surface area contributed by atoms with Crippen LogP contribution in [0.25, 0.3) is 0 Å². The molecule has 3 nitrogen and oxygen atoms in total. The number of ether oxygens (including phenoxy) is 1. The SMILES string of the molecule is COC(=O)C1=CCC=C[C@@H]1O[Si](C)(C)C(C)(C)C. The molecule has 1 atom stereocenters. The Balaban J connectivity index is 2.88. The lowest BCUT2D eigenvalue weighted by atomic mass is 10.0. The third-order valence-electron chi connectivity index (χ3n) is 3.74. The lowest BCUT2D eigenvalue weighted by Crippen LogP contribution is -2.44. The minimum Gasteiger partial charge on any atom is -0.466 e. The second kappa shape index (κ2) is 5.41. The molecule has 0 aromatic heterocycles. The first-order chi connectivity index (χ1) is 8.19. The Bertz CT molecular complexity index is 375. The van der Waals surface area contributed by atoms with E-state index in [-0.39, 0.29) is 17.1 Å². The van der Waals surface area contributed by atoms with Crippen LogP contribution in [0.15, 0.2) is 23.8 Å². The van der Waals surface area contributed by atoms with E-state index in [9.17, 15) is 4.79 Å².